The van der Waals surface area contributed by atoms with E-state index in [0.29, 0.717) is 28.2 Å². The van der Waals surface area contributed by atoms with Crippen molar-refractivity contribution in [1.29, 1.82) is 0 Å². The van der Waals surface area contributed by atoms with Crippen molar-refractivity contribution in [3.8, 4) is 23.0 Å². The van der Waals surface area contributed by atoms with Crippen LogP contribution in [0.2, 0.25) is 0 Å². The normalized spacial score (nSPS) is 10.7. The molecule has 0 amide bonds. The van der Waals surface area contributed by atoms with E-state index in [1.165, 1.54) is 24.4 Å². The van der Waals surface area contributed by atoms with Crippen LogP contribution in [0.3, 0.4) is 0 Å². The van der Waals surface area contributed by atoms with E-state index in [2.05, 4.69) is 10.2 Å². The lowest BCUT2D eigenvalue weighted by Crippen LogP contribution is -2.03. The predicted octanol–water partition coefficient (Wildman–Crippen LogP) is 4.35. The maximum Gasteiger partial charge on any atom is 0.277 e. The van der Waals surface area contributed by atoms with Gasteiger partial charge < -0.3 is 13.9 Å². The van der Waals surface area contributed by atoms with Crippen LogP contribution < -0.4 is 9.47 Å². The first-order valence-corrected chi connectivity index (χ1v) is 9.29. The van der Waals surface area contributed by atoms with Crippen molar-refractivity contribution >= 4 is 17.5 Å². The van der Waals surface area contributed by atoms with Crippen molar-refractivity contribution in [3.05, 3.63) is 53.1 Å². The smallest absolute Gasteiger partial charge is 0.277 e. The summed E-state index contributed by atoms with van der Waals surface area (Å²) in [6.45, 7) is 4.08. The Labute approximate surface area is 161 Å². The Bertz CT molecular complexity index is 968. The summed E-state index contributed by atoms with van der Waals surface area (Å²) in [5.41, 5.74) is 3.76. The lowest BCUT2D eigenvalue weighted by molar-refractivity contribution is 0.102. The highest BCUT2D eigenvalue weighted by atomic mass is 32.2. The molecule has 0 fully saturated rings. The molecule has 3 rings (SSSR count). The Kier molecular flexibility index (Phi) is 5.81. The average molecular weight is 384 g/mol. The van der Waals surface area contributed by atoms with E-state index in [4.69, 9.17) is 13.9 Å². The molecule has 6 nitrogen and oxygen atoms in total. The van der Waals surface area contributed by atoms with Gasteiger partial charge in [-0.3, -0.25) is 4.79 Å². The van der Waals surface area contributed by atoms with E-state index in [0.717, 1.165) is 11.1 Å². The van der Waals surface area contributed by atoms with Gasteiger partial charge in [0.2, 0.25) is 5.89 Å². The van der Waals surface area contributed by atoms with Crippen molar-refractivity contribution in [2.45, 2.75) is 19.1 Å². The van der Waals surface area contributed by atoms with Crippen LogP contribution in [0.25, 0.3) is 11.5 Å². The predicted molar refractivity (Wildman–Crippen MR) is 104 cm³/mol. The lowest BCUT2D eigenvalue weighted by atomic mass is 10.1. The summed E-state index contributed by atoms with van der Waals surface area (Å²) in [5.74, 6) is 1.66. The highest BCUT2D eigenvalue weighted by molar-refractivity contribution is 7.99. The Morgan fingerprint density at radius 3 is 2.48 bits per heavy atom. The Hall–Kier alpha value is -2.80. The zero-order chi connectivity index (χ0) is 19.4. The van der Waals surface area contributed by atoms with Crippen LogP contribution in [0.15, 0.2) is 46.0 Å². The Morgan fingerprint density at radius 1 is 1.00 bits per heavy atom. The van der Waals surface area contributed by atoms with Gasteiger partial charge in [-0.2, -0.15) is 0 Å². The van der Waals surface area contributed by atoms with Crippen molar-refractivity contribution in [2.75, 3.05) is 20.0 Å². The molecule has 0 unspecified atom stereocenters. The molecule has 1 heterocycles. The maximum atomic E-state index is 12.4. The van der Waals surface area contributed by atoms with E-state index >= 15 is 0 Å². The second-order valence-corrected chi connectivity index (χ2v) is 6.88. The van der Waals surface area contributed by atoms with Gasteiger partial charge in [-0.15, -0.1) is 10.2 Å². The molecule has 140 valence electrons. The van der Waals surface area contributed by atoms with E-state index in [9.17, 15) is 4.79 Å². The topological polar surface area (TPSA) is 74.5 Å². The third-order valence-corrected chi connectivity index (χ3v) is 5.01. The van der Waals surface area contributed by atoms with Crippen LogP contribution in [0.1, 0.15) is 21.5 Å². The van der Waals surface area contributed by atoms with E-state index in [1.807, 2.05) is 32.0 Å². The molecule has 0 N–H and O–H groups in total. The molecule has 2 aromatic carbocycles. The second kappa shape index (κ2) is 8.26. The van der Waals surface area contributed by atoms with E-state index in [-0.39, 0.29) is 11.5 Å². The maximum absolute atomic E-state index is 12.4. The Balaban J connectivity index is 1.67. The minimum atomic E-state index is -0.0631. The molecular formula is C20H20N2O4S. The van der Waals surface area contributed by atoms with E-state index in [1.54, 1.807) is 25.3 Å². The molecule has 7 heteroatoms. The van der Waals surface area contributed by atoms with Crippen LogP contribution in [0.5, 0.6) is 11.5 Å². The fraction of sp³-hybridized carbons (Fsp3) is 0.250. The molecule has 0 saturated heterocycles. The quantitative estimate of drug-likeness (QED) is 0.443. The number of Topliss-reactive ketones (excluding diaryl/α,β-unsaturated/α-hetero) is 1. The monoisotopic (exact) mass is 384 g/mol. The zero-order valence-corrected chi connectivity index (χ0v) is 16.4. The summed E-state index contributed by atoms with van der Waals surface area (Å²) in [7, 11) is 3.09. The van der Waals surface area contributed by atoms with Gasteiger partial charge in [0.1, 0.15) is 0 Å². The molecular weight excluding hydrogens is 364 g/mol. The highest BCUT2D eigenvalue weighted by Crippen LogP contribution is 2.29. The number of thioether (sulfide) groups is 1. The number of ether oxygens (including phenoxy) is 2. The lowest BCUT2D eigenvalue weighted by Gasteiger charge is -2.08. The van der Waals surface area contributed by atoms with Crippen molar-refractivity contribution in [3.63, 3.8) is 0 Å². The number of rotatable bonds is 7. The molecule has 0 spiro atoms. The first-order chi connectivity index (χ1) is 13.0. The van der Waals surface area contributed by atoms with Crippen LogP contribution in [0, 0.1) is 13.8 Å². The Morgan fingerprint density at radius 2 is 1.78 bits per heavy atom. The molecule has 0 saturated carbocycles. The number of carbonyl (C=O) groups is 1. The fourth-order valence-corrected chi connectivity index (χ4v) is 3.14. The zero-order valence-electron chi connectivity index (χ0n) is 15.6. The van der Waals surface area contributed by atoms with E-state index < -0.39 is 0 Å². The summed E-state index contributed by atoms with van der Waals surface area (Å²) >= 11 is 1.21. The number of hydrogen-bond donors (Lipinski definition) is 0. The van der Waals surface area contributed by atoms with Crippen molar-refractivity contribution in [1.82, 2.24) is 10.2 Å². The van der Waals surface area contributed by atoms with Crippen LogP contribution in [-0.2, 0) is 0 Å². The molecule has 27 heavy (non-hydrogen) atoms. The minimum Gasteiger partial charge on any atom is -0.493 e. The second-order valence-electron chi connectivity index (χ2n) is 5.95. The molecule has 0 radical (unpaired) electrons. The summed E-state index contributed by atoms with van der Waals surface area (Å²) in [4.78, 5) is 12.4. The van der Waals surface area contributed by atoms with Gasteiger partial charge in [-0.25, -0.2) is 0 Å². The first kappa shape index (κ1) is 19.0. The number of benzene rings is 2. The van der Waals surface area contributed by atoms with Gasteiger partial charge in [0, 0.05) is 11.1 Å². The van der Waals surface area contributed by atoms with Gasteiger partial charge in [0.15, 0.2) is 17.3 Å². The number of aryl methyl sites for hydroxylation is 2. The number of carbonyl (C=O) groups excluding carboxylic acids is 1. The van der Waals surface area contributed by atoms with Crippen LogP contribution in [0.4, 0.5) is 0 Å². The van der Waals surface area contributed by atoms with Crippen molar-refractivity contribution < 1.29 is 18.7 Å². The highest BCUT2D eigenvalue weighted by Gasteiger charge is 2.14. The molecule has 0 aliphatic rings. The van der Waals surface area contributed by atoms with Crippen molar-refractivity contribution in [2.24, 2.45) is 0 Å². The molecule has 0 aliphatic heterocycles. The first-order valence-electron chi connectivity index (χ1n) is 8.31. The standard InChI is InChI=1S/C20H20N2O4S/c1-12-5-6-15(9-13(12)2)19-21-22-20(26-19)27-11-16(23)14-7-8-17(24-3)18(10-14)25-4/h5-10H,11H2,1-4H3. The third-order valence-electron chi connectivity index (χ3n) is 4.19. The van der Waals surface area contributed by atoms with Crippen LogP contribution >= 0.6 is 11.8 Å². The van der Waals surface area contributed by atoms with Gasteiger partial charge in [0.25, 0.3) is 5.22 Å². The van der Waals surface area contributed by atoms with Gasteiger partial charge in [-0.05, 0) is 55.3 Å². The minimum absolute atomic E-state index is 0.0631. The SMILES string of the molecule is COc1ccc(C(=O)CSc2nnc(-c3ccc(C)c(C)c3)o2)cc1OC. The summed E-state index contributed by atoms with van der Waals surface area (Å²) in [5, 5.41) is 8.45. The molecule has 1 aromatic heterocycles. The van der Waals surface area contributed by atoms with Gasteiger partial charge in [0.05, 0.1) is 20.0 Å². The largest absolute Gasteiger partial charge is 0.493 e. The molecule has 3 aromatic rings. The summed E-state index contributed by atoms with van der Waals surface area (Å²) in [6.07, 6.45) is 0. The van der Waals surface area contributed by atoms with Crippen LogP contribution in [-0.4, -0.2) is 36.0 Å². The average Bonchev–Trinajstić information content (AvgIpc) is 3.16. The fourth-order valence-electron chi connectivity index (χ4n) is 2.48. The number of aromatic nitrogens is 2. The molecule has 0 bridgehead atoms. The third kappa shape index (κ3) is 4.31. The molecule has 0 atom stereocenters. The number of hydrogen-bond acceptors (Lipinski definition) is 7. The number of methoxy groups -OCH3 is 2. The number of nitrogens with zero attached hydrogens (tertiary/aromatic N) is 2. The van der Waals surface area contributed by atoms with Gasteiger partial charge >= 0.3 is 0 Å². The summed E-state index contributed by atoms with van der Waals surface area (Å²) in [6, 6.07) is 11.0. The van der Waals surface area contributed by atoms with Gasteiger partial charge in [-0.1, -0.05) is 17.8 Å². The summed E-state index contributed by atoms with van der Waals surface area (Å²) < 4.78 is 16.1. The number of ketones is 1. The molecule has 0 aliphatic carbocycles.